The predicted molar refractivity (Wildman–Crippen MR) is 83.5 cm³/mol. The minimum Gasteiger partial charge on any atom is -0.410 e. The molecule has 0 saturated carbocycles. The normalized spacial score (nSPS) is 10.9. The molecule has 0 fully saturated rings. The van der Waals surface area contributed by atoms with Crippen LogP contribution in [-0.4, -0.2) is 53.7 Å². The molecule has 5 N–H and O–H groups in total. The molecule has 0 bridgehead atoms. The Balaban J connectivity index is 1.98. The number of nitrogens with two attached hydrogens (primary N) is 1. The van der Waals surface area contributed by atoms with Crippen LogP contribution in [0, 0.1) is 0 Å². The zero-order valence-corrected chi connectivity index (χ0v) is 12.6. The first-order valence-electron chi connectivity index (χ1n) is 7.22. The second-order valence-corrected chi connectivity index (χ2v) is 4.70. The SMILES string of the molecule is NCCn1c(=O)[nH]c2ccc(OC(=O)NCCOCCO)cc21. The van der Waals surface area contributed by atoms with Gasteiger partial charge in [0.05, 0.1) is 30.9 Å². The molecule has 9 heteroatoms. The third kappa shape index (κ3) is 4.55. The Kier molecular flexibility index (Phi) is 6.15. The molecule has 0 aliphatic heterocycles. The Morgan fingerprint density at radius 1 is 1.39 bits per heavy atom. The lowest BCUT2D eigenvalue weighted by atomic mass is 10.3. The second-order valence-electron chi connectivity index (χ2n) is 4.70. The Morgan fingerprint density at radius 2 is 2.22 bits per heavy atom. The third-order valence-corrected chi connectivity index (χ3v) is 3.06. The van der Waals surface area contributed by atoms with Crippen LogP contribution in [0.1, 0.15) is 0 Å². The van der Waals surface area contributed by atoms with Gasteiger partial charge >= 0.3 is 11.8 Å². The largest absolute Gasteiger partial charge is 0.412 e. The number of aliphatic hydroxyl groups is 1. The average molecular weight is 324 g/mol. The molecule has 2 rings (SSSR count). The van der Waals surface area contributed by atoms with Crippen LogP contribution in [0.4, 0.5) is 4.79 Å². The van der Waals surface area contributed by atoms with E-state index in [1.807, 2.05) is 0 Å². The maximum Gasteiger partial charge on any atom is 0.412 e. The first-order valence-corrected chi connectivity index (χ1v) is 7.22. The van der Waals surface area contributed by atoms with Crippen molar-refractivity contribution in [3.8, 4) is 5.75 Å². The van der Waals surface area contributed by atoms with Gasteiger partial charge in [-0.2, -0.15) is 0 Å². The first-order chi connectivity index (χ1) is 11.2. The molecular formula is C14H20N4O5. The number of rotatable bonds is 8. The number of aromatic nitrogens is 2. The third-order valence-electron chi connectivity index (χ3n) is 3.06. The maximum absolute atomic E-state index is 11.8. The van der Waals surface area contributed by atoms with Crippen LogP contribution >= 0.6 is 0 Å². The second kappa shape index (κ2) is 8.32. The van der Waals surface area contributed by atoms with E-state index in [1.165, 1.54) is 4.57 Å². The number of aromatic amines is 1. The Hall–Kier alpha value is -2.36. The summed E-state index contributed by atoms with van der Waals surface area (Å²) in [6.45, 7) is 1.40. The lowest BCUT2D eigenvalue weighted by Crippen LogP contribution is -2.30. The monoisotopic (exact) mass is 324 g/mol. The fraction of sp³-hybridized carbons (Fsp3) is 0.429. The van der Waals surface area contributed by atoms with Gasteiger partial charge in [-0.05, 0) is 12.1 Å². The summed E-state index contributed by atoms with van der Waals surface area (Å²) in [4.78, 5) is 26.2. The first kappa shape index (κ1) is 17.0. The van der Waals surface area contributed by atoms with Gasteiger partial charge in [0, 0.05) is 25.7 Å². The Labute approximate surface area is 132 Å². The van der Waals surface area contributed by atoms with Crippen molar-refractivity contribution in [3.05, 3.63) is 28.7 Å². The van der Waals surface area contributed by atoms with E-state index >= 15 is 0 Å². The van der Waals surface area contributed by atoms with Crippen LogP contribution in [0.5, 0.6) is 5.75 Å². The van der Waals surface area contributed by atoms with Crippen molar-refractivity contribution < 1.29 is 19.4 Å². The van der Waals surface area contributed by atoms with Crippen molar-refractivity contribution in [2.75, 3.05) is 32.9 Å². The molecule has 1 aromatic carbocycles. The van der Waals surface area contributed by atoms with Crippen molar-refractivity contribution >= 4 is 17.1 Å². The molecule has 1 heterocycles. The van der Waals surface area contributed by atoms with E-state index in [0.717, 1.165) is 0 Å². The molecule has 0 aliphatic rings. The molecule has 0 atom stereocenters. The van der Waals surface area contributed by atoms with Gasteiger partial charge < -0.3 is 30.6 Å². The molecule has 9 nitrogen and oxygen atoms in total. The number of nitrogens with zero attached hydrogens (tertiary/aromatic N) is 1. The number of aliphatic hydroxyl groups excluding tert-OH is 1. The smallest absolute Gasteiger partial charge is 0.410 e. The van der Waals surface area contributed by atoms with Crippen molar-refractivity contribution in [1.29, 1.82) is 0 Å². The van der Waals surface area contributed by atoms with E-state index in [1.54, 1.807) is 18.2 Å². The average Bonchev–Trinajstić information content (AvgIpc) is 2.83. The highest BCUT2D eigenvalue weighted by Crippen LogP contribution is 2.18. The molecule has 0 spiro atoms. The van der Waals surface area contributed by atoms with E-state index in [0.29, 0.717) is 29.9 Å². The highest BCUT2D eigenvalue weighted by molar-refractivity contribution is 5.78. The van der Waals surface area contributed by atoms with Crippen LogP contribution in [0.2, 0.25) is 0 Å². The van der Waals surface area contributed by atoms with Gasteiger partial charge in [0.15, 0.2) is 0 Å². The Morgan fingerprint density at radius 3 is 2.96 bits per heavy atom. The number of H-pyrrole nitrogens is 1. The molecule has 0 unspecified atom stereocenters. The van der Waals surface area contributed by atoms with Crippen LogP contribution in [0.25, 0.3) is 11.0 Å². The summed E-state index contributed by atoms with van der Waals surface area (Å²) in [6.07, 6.45) is -0.625. The summed E-state index contributed by atoms with van der Waals surface area (Å²) in [7, 11) is 0. The number of amides is 1. The van der Waals surface area contributed by atoms with E-state index in [9.17, 15) is 9.59 Å². The minimum atomic E-state index is -0.625. The number of carbonyl (C=O) groups excluding carboxylic acids is 1. The number of nitrogens with one attached hydrogen (secondary N) is 2. The maximum atomic E-state index is 11.8. The van der Waals surface area contributed by atoms with Crippen LogP contribution in [-0.2, 0) is 11.3 Å². The zero-order chi connectivity index (χ0) is 16.7. The predicted octanol–water partition coefficient (Wildman–Crippen LogP) is -0.614. The highest BCUT2D eigenvalue weighted by atomic mass is 16.6. The summed E-state index contributed by atoms with van der Waals surface area (Å²) < 4.78 is 11.7. The summed E-state index contributed by atoms with van der Waals surface area (Å²) in [6, 6.07) is 4.86. The molecule has 2 aromatic rings. The van der Waals surface area contributed by atoms with Crippen molar-refractivity contribution in [1.82, 2.24) is 14.9 Å². The standard InChI is InChI=1S/C14H20N4O5/c15-3-5-18-12-9-10(1-2-11(12)17-13(18)20)23-14(21)16-4-7-22-8-6-19/h1-2,9,19H,3-8,15H2,(H,16,21)(H,17,20). The van der Waals surface area contributed by atoms with Crippen molar-refractivity contribution in [3.63, 3.8) is 0 Å². The highest BCUT2D eigenvalue weighted by Gasteiger charge is 2.09. The van der Waals surface area contributed by atoms with Gasteiger partial charge in [-0.1, -0.05) is 0 Å². The van der Waals surface area contributed by atoms with E-state index < -0.39 is 6.09 Å². The fourth-order valence-corrected chi connectivity index (χ4v) is 2.08. The molecule has 0 saturated heterocycles. The van der Waals surface area contributed by atoms with Gasteiger partial charge in [-0.25, -0.2) is 9.59 Å². The molecule has 1 aromatic heterocycles. The zero-order valence-electron chi connectivity index (χ0n) is 12.6. The van der Waals surface area contributed by atoms with Gasteiger partial charge in [-0.15, -0.1) is 0 Å². The Bertz CT molecular complexity index is 709. The molecule has 1 amide bonds. The molecule has 23 heavy (non-hydrogen) atoms. The number of fused-ring (bicyclic) bond motifs is 1. The lowest BCUT2D eigenvalue weighted by molar-refractivity contribution is 0.0935. The van der Waals surface area contributed by atoms with E-state index in [-0.39, 0.29) is 32.1 Å². The minimum absolute atomic E-state index is 0.0639. The van der Waals surface area contributed by atoms with E-state index in [4.69, 9.17) is 20.3 Å². The number of benzene rings is 1. The van der Waals surface area contributed by atoms with Gasteiger partial charge in [-0.3, -0.25) is 4.57 Å². The van der Waals surface area contributed by atoms with Gasteiger partial charge in [0.25, 0.3) is 0 Å². The van der Waals surface area contributed by atoms with Gasteiger partial charge in [0.2, 0.25) is 0 Å². The quantitative estimate of drug-likeness (QED) is 0.479. The summed E-state index contributed by atoms with van der Waals surface area (Å²) in [5, 5.41) is 11.1. The van der Waals surface area contributed by atoms with E-state index in [2.05, 4.69) is 10.3 Å². The van der Waals surface area contributed by atoms with Crippen LogP contribution in [0.15, 0.2) is 23.0 Å². The summed E-state index contributed by atoms with van der Waals surface area (Å²) >= 11 is 0. The molecule has 0 aliphatic carbocycles. The van der Waals surface area contributed by atoms with Crippen LogP contribution < -0.4 is 21.5 Å². The number of hydrogen-bond donors (Lipinski definition) is 4. The summed E-state index contributed by atoms with van der Waals surface area (Å²) in [5.74, 6) is 0.316. The molecule has 0 radical (unpaired) electrons. The molecule has 126 valence electrons. The summed E-state index contributed by atoms with van der Waals surface area (Å²) in [5.41, 5.74) is 6.50. The lowest BCUT2D eigenvalue weighted by Gasteiger charge is -2.07. The van der Waals surface area contributed by atoms with Crippen LogP contribution in [0.3, 0.4) is 0 Å². The topological polar surface area (TPSA) is 132 Å². The fourth-order valence-electron chi connectivity index (χ4n) is 2.08. The number of imidazole rings is 1. The number of ether oxygens (including phenoxy) is 2. The van der Waals surface area contributed by atoms with Gasteiger partial charge in [0.1, 0.15) is 5.75 Å². The van der Waals surface area contributed by atoms with Crippen molar-refractivity contribution in [2.45, 2.75) is 6.54 Å². The molecular weight excluding hydrogens is 304 g/mol. The number of carbonyl (C=O) groups is 1. The number of hydrogen-bond acceptors (Lipinski definition) is 6. The van der Waals surface area contributed by atoms with Crippen molar-refractivity contribution in [2.24, 2.45) is 5.73 Å².